The molecule has 0 fully saturated rings. The average Bonchev–Trinajstić information content (AvgIpc) is 2.93. The Morgan fingerprint density at radius 3 is 2.47 bits per heavy atom. The molecule has 5 nitrogen and oxygen atoms in total. The van der Waals surface area contributed by atoms with Gasteiger partial charge in [0.2, 0.25) is 5.82 Å². The molecule has 17 heavy (non-hydrogen) atoms. The summed E-state index contributed by atoms with van der Waals surface area (Å²) >= 11 is 0. The summed E-state index contributed by atoms with van der Waals surface area (Å²) in [6.07, 6.45) is 0.600. The van der Waals surface area contributed by atoms with Gasteiger partial charge < -0.3 is 4.74 Å². The summed E-state index contributed by atoms with van der Waals surface area (Å²) in [6.45, 7) is 4.00. The molecule has 0 amide bonds. The normalized spacial score (nSPS) is 11.5. The van der Waals surface area contributed by atoms with Crippen LogP contribution in [0.5, 0.6) is 0 Å². The van der Waals surface area contributed by atoms with Gasteiger partial charge in [-0.15, -0.1) is 10.2 Å². The number of methoxy groups -OCH3 is 1. The van der Waals surface area contributed by atoms with E-state index in [1.807, 2.05) is 44.2 Å². The predicted molar refractivity (Wildman–Crippen MR) is 65.4 cm³/mol. The monoisotopic (exact) mass is 234 g/mol. The minimum absolute atomic E-state index is 0.147. The summed E-state index contributed by atoms with van der Waals surface area (Å²) in [6, 6.07) is 10.1. The number of H-pyrrole nitrogens is 1. The lowest BCUT2D eigenvalue weighted by atomic mass is 10.1. The van der Waals surface area contributed by atoms with Gasteiger partial charge in [-0.2, -0.15) is 5.21 Å². The first-order valence-corrected chi connectivity index (χ1v) is 5.70. The summed E-state index contributed by atoms with van der Waals surface area (Å²) in [5.41, 5.74) is 1.19. The summed E-state index contributed by atoms with van der Waals surface area (Å²) in [4.78, 5) is 0. The van der Waals surface area contributed by atoms with E-state index < -0.39 is 0 Å². The van der Waals surface area contributed by atoms with Crippen molar-refractivity contribution in [2.24, 2.45) is 0 Å². The van der Waals surface area contributed by atoms with Crippen LogP contribution in [0.2, 0.25) is 0 Å². The zero-order valence-electron chi connectivity index (χ0n) is 10.4. The van der Waals surface area contributed by atoms with Gasteiger partial charge in [-0.05, 0) is 5.56 Å². The van der Waals surface area contributed by atoms with Crippen LogP contribution in [0.25, 0.3) is 0 Å². The van der Waals surface area contributed by atoms with Crippen molar-refractivity contribution in [1.82, 2.24) is 20.6 Å². The van der Waals surface area contributed by atoms with Gasteiger partial charge in [0.1, 0.15) is 6.10 Å². The summed E-state index contributed by atoms with van der Waals surface area (Å²) in [7, 11) is 1.64. The first kappa shape index (κ1) is 13.3. The summed E-state index contributed by atoms with van der Waals surface area (Å²) < 4.78 is 5.31. The molecule has 1 heterocycles. The number of hydrogen-bond donors (Lipinski definition) is 1. The highest BCUT2D eigenvalue weighted by Crippen LogP contribution is 2.16. The van der Waals surface area contributed by atoms with Gasteiger partial charge in [0.15, 0.2) is 0 Å². The summed E-state index contributed by atoms with van der Waals surface area (Å²) in [5, 5.41) is 13.8. The number of hydrogen-bond acceptors (Lipinski definition) is 4. The zero-order valence-corrected chi connectivity index (χ0v) is 10.4. The van der Waals surface area contributed by atoms with Crippen molar-refractivity contribution in [2.75, 3.05) is 7.11 Å². The lowest BCUT2D eigenvalue weighted by Crippen LogP contribution is -2.07. The van der Waals surface area contributed by atoms with Crippen LogP contribution < -0.4 is 0 Å². The van der Waals surface area contributed by atoms with Gasteiger partial charge in [-0.3, -0.25) is 0 Å². The van der Waals surface area contributed by atoms with Crippen LogP contribution in [0, 0.1) is 0 Å². The molecule has 0 saturated heterocycles. The van der Waals surface area contributed by atoms with Crippen molar-refractivity contribution < 1.29 is 4.74 Å². The molecule has 0 aliphatic heterocycles. The standard InChI is InChI=1S/C10H12N4O.C2H6/c1-15-9(10-11-13-14-12-10)7-8-5-3-2-4-6-8;1-2/h2-6,9H,7H2,1H3,(H,11,12,13,14);1-2H3. The van der Waals surface area contributed by atoms with Crippen LogP contribution in [0.3, 0.4) is 0 Å². The molecule has 1 unspecified atom stereocenters. The molecule has 5 heteroatoms. The quantitative estimate of drug-likeness (QED) is 0.880. The molecule has 1 atom stereocenters. The average molecular weight is 234 g/mol. The lowest BCUT2D eigenvalue weighted by molar-refractivity contribution is 0.0961. The largest absolute Gasteiger partial charge is 0.373 e. The number of aromatic amines is 1. The number of nitrogens with one attached hydrogen (secondary N) is 1. The number of ether oxygens (including phenoxy) is 1. The number of benzene rings is 1. The van der Waals surface area contributed by atoms with Crippen molar-refractivity contribution in [2.45, 2.75) is 26.4 Å². The maximum Gasteiger partial charge on any atom is 0.203 e. The highest BCUT2D eigenvalue weighted by atomic mass is 16.5. The van der Waals surface area contributed by atoms with Crippen LogP contribution >= 0.6 is 0 Å². The van der Waals surface area contributed by atoms with Gasteiger partial charge in [0.05, 0.1) is 0 Å². The van der Waals surface area contributed by atoms with E-state index in [-0.39, 0.29) is 6.10 Å². The Labute approximate surface area is 101 Å². The van der Waals surface area contributed by atoms with Crippen LogP contribution in [0.15, 0.2) is 30.3 Å². The zero-order chi connectivity index (χ0) is 12.5. The predicted octanol–water partition coefficient (Wildman–Crippen LogP) is 2.16. The second kappa shape index (κ2) is 7.51. The first-order chi connectivity index (χ1) is 8.40. The van der Waals surface area contributed by atoms with E-state index in [2.05, 4.69) is 20.6 Å². The van der Waals surface area contributed by atoms with Crippen LogP contribution in [0.4, 0.5) is 0 Å². The highest BCUT2D eigenvalue weighted by Gasteiger charge is 2.15. The van der Waals surface area contributed by atoms with Gasteiger partial charge >= 0.3 is 0 Å². The highest BCUT2D eigenvalue weighted by molar-refractivity contribution is 5.16. The van der Waals surface area contributed by atoms with E-state index in [0.29, 0.717) is 5.82 Å². The second-order valence-electron chi connectivity index (χ2n) is 3.18. The third-order valence-corrected chi connectivity index (χ3v) is 2.20. The van der Waals surface area contributed by atoms with Crippen LogP contribution in [-0.4, -0.2) is 27.7 Å². The molecule has 1 N–H and O–H groups in total. The SMILES string of the molecule is CC.COC(Cc1ccccc1)c1nn[nH]n1. The molecule has 0 aliphatic carbocycles. The Bertz CT molecular complexity index is 388. The lowest BCUT2D eigenvalue weighted by Gasteiger charge is -2.10. The van der Waals surface area contributed by atoms with Crippen molar-refractivity contribution in [1.29, 1.82) is 0 Å². The molecular formula is C12H18N4O. The third kappa shape index (κ3) is 3.96. The topological polar surface area (TPSA) is 63.7 Å². The van der Waals surface area contributed by atoms with Gasteiger partial charge in [-0.25, -0.2) is 0 Å². The van der Waals surface area contributed by atoms with E-state index in [4.69, 9.17) is 4.74 Å². The molecule has 2 aromatic rings. The Hall–Kier alpha value is -1.75. The van der Waals surface area contributed by atoms with E-state index in [0.717, 1.165) is 6.42 Å². The molecule has 1 aromatic carbocycles. The molecule has 0 aliphatic rings. The van der Waals surface area contributed by atoms with Crippen molar-refractivity contribution in [3.8, 4) is 0 Å². The molecule has 0 bridgehead atoms. The van der Waals surface area contributed by atoms with Crippen LogP contribution in [-0.2, 0) is 11.2 Å². The minimum atomic E-state index is -0.147. The minimum Gasteiger partial charge on any atom is -0.373 e. The number of tetrazole rings is 1. The van der Waals surface area contributed by atoms with E-state index in [1.165, 1.54) is 5.56 Å². The Morgan fingerprint density at radius 2 is 1.94 bits per heavy atom. The van der Waals surface area contributed by atoms with E-state index in [9.17, 15) is 0 Å². The number of aromatic nitrogens is 4. The Kier molecular flexibility index (Phi) is 5.88. The number of nitrogens with zero attached hydrogens (tertiary/aromatic N) is 3. The maximum atomic E-state index is 5.31. The van der Waals surface area contributed by atoms with Gasteiger partial charge in [-0.1, -0.05) is 49.4 Å². The molecule has 0 saturated carbocycles. The fourth-order valence-corrected chi connectivity index (χ4v) is 1.41. The van der Waals surface area contributed by atoms with Crippen molar-refractivity contribution in [3.05, 3.63) is 41.7 Å². The van der Waals surface area contributed by atoms with Gasteiger partial charge in [0.25, 0.3) is 0 Å². The summed E-state index contributed by atoms with van der Waals surface area (Å²) in [5.74, 6) is 0.585. The molecule has 2 rings (SSSR count). The van der Waals surface area contributed by atoms with Gasteiger partial charge in [0, 0.05) is 13.5 Å². The van der Waals surface area contributed by atoms with Crippen LogP contribution in [0.1, 0.15) is 31.3 Å². The fourth-order valence-electron chi connectivity index (χ4n) is 1.41. The number of rotatable bonds is 4. The Morgan fingerprint density at radius 1 is 1.24 bits per heavy atom. The van der Waals surface area contributed by atoms with E-state index >= 15 is 0 Å². The second-order valence-corrected chi connectivity index (χ2v) is 3.18. The maximum absolute atomic E-state index is 5.31. The first-order valence-electron chi connectivity index (χ1n) is 5.70. The fraction of sp³-hybridized carbons (Fsp3) is 0.417. The van der Waals surface area contributed by atoms with Crippen molar-refractivity contribution in [3.63, 3.8) is 0 Å². The van der Waals surface area contributed by atoms with E-state index in [1.54, 1.807) is 7.11 Å². The molecular weight excluding hydrogens is 216 g/mol. The third-order valence-electron chi connectivity index (χ3n) is 2.20. The molecule has 92 valence electrons. The van der Waals surface area contributed by atoms with Crippen molar-refractivity contribution >= 4 is 0 Å². The molecule has 1 aromatic heterocycles. The molecule has 0 spiro atoms. The smallest absolute Gasteiger partial charge is 0.203 e. The Balaban J connectivity index is 0.000000686. The molecule has 0 radical (unpaired) electrons.